The van der Waals surface area contributed by atoms with Gasteiger partial charge in [-0.2, -0.15) is 0 Å². The largest absolute Gasteiger partial charge is 0.370 e. The first-order valence-corrected chi connectivity index (χ1v) is 3.92. The molecule has 2 aromatic heterocycles. The van der Waals surface area contributed by atoms with Crippen LogP contribution in [0.4, 0.5) is 5.82 Å². The first kappa shape index (κ1) is 7.09. The van der Waals surface area contributed by atoms with Crippen LogP contribution in [0.1, 0.15) is 6.92 Å². The SMILES string of the molecule is CCNc1cc2nccn2cn1. The lowest BCUT2D eigenvalue weighted by Crippen LogP contribution is -1.99. The number of rotatable bonds is 2. The van der Waals surface area contributed by atoms with E-state index in [9.17, 15) is 0 Å². The van der Waals surface area contributed by atoms with Crippen molar-refractivity contribution in [2.75, 3.05) is 11.9 Å². The Morgan fingerprint density at radius 1 is 1.50 bits per heavy atom. The van der Waals surface area contributed by atoms with E-state index in [0.29, 0.717) is 0 Å². The maximum absolute atomic E-state index is 4.18. The summed E-state index contributed by atoms with van der Waals surface area (Å²) >= 11 is 0. The van der Waals surface area contributed by atoms with Crippen molar-refractivity contribution in [2.45, 2.75) is 6.92 Å². The van der Waals surface area contributed by atoms with Crippen LogP contribution >= 0.6 is 0 Å². The highest BCUT2D eigenvalue weighted by molar-refractivity contribution is 5.48. The second-order valence-electron chi connectivity index (χ2n) is 2.50. The summed E-state index contributed by atoms with van der Waals surface area (Å²) in [4.78, 5) is 8.33. The molecule has 1 N–H and O–H groups in total. The zero-order chi connectivity index (χ0) is 8.39. The van der Waals surface area contributed by atoms with E-state index in [1.165, 1.54) is 0 Å². The molecule has 12 heavy (non-hydrogen) atoms. The van der Waals surface area contributed by atoms with E-state index in [4.69, 9.17) is 0 Å². The number of fused-ring (bicyclic) bond motifs is 1. The van der Waals surface area contributed by atoms with Gasteiger partial charge in [0, 0.05) is 25.0 Å². The number of anilines is 1. The van der Waals surface area contributed by atoms with Crippen LogP contribution in [0.25, 0.3) is 5.65 Å². The third-order valence-electron chi connectivity index (χ3n) is 1.64. The van der Waals surface area contributed by atoms with Crippen molar-refractivity contribution in [1.29, 1.82) is 0 Å². The van der Waals surface area contributed by atoms with Crippen LogP contribution in [0.5, 0.6) is 0 Å². The number of nitrogens with one attached hydrogen (secondary N) is 1. The lowest BCUT2D eigenvalue weighted by molar-refractivity contribution is 1.06. The molecule has 0 aliphatic carbocycles. The second-order valence-corrected chi connectivity index (χ2v) is 2.50. The van der Waals surface area contributed by atoms with E-state index < -0.39 is 0 Å². The molecular formula is C8H10N4. The van der Waals surface area contributed by atoms with Crippen LogP contribution in [0.2, 0.25) is 0 Å². The van der Waals surface area contributed by atoms with Gasteiger partial charge in [0.1, 0.15) is 17.8 Å². The summed E-state index contributed by atoms with van der Waals surface area (Å²) in [5.74, 6) is 0.871. The highest BCUT2D eigenvalue weighted by atomic mass is 15.1. The van der Waals surface area contributed by atoms with Crippen molar-refractivity contribution in [3.63, 3.8) is 0 Å². The topological polar surface area (TPSA) is 42.2 Å². The molecule has 0 saturated heterocycles. The number of imidazole rings is 1. The van der Waals surface area contributed by atoms with Crippen LogP contribution in [-0.2, 0) is 0 Å². The van der Waals surface area contributed by atoms with Crippen molar-refractivity contribution in [1.82, 2.24) is 14.4 Å². The Kier molecular flexibility index (Phi) is 1.66. The molecular weight excluding hydrogens is 152 g/mol. The van der Waals surface area contributed by atoms with Gasteiger partial charge in [-0.1, -0.05) is 0 Å². The van der Waals surface area contributed by atoms with Crippen LogP contribution < -0.4 is 5.32 Å². The standard InChI is InChI=1S/C8H10N4/c1-2-9-7-5-8-10-3-4-12(8)6-11-7/h3-6,9H,2H2,1H3. The molecule has 0 unspecified atom stereocenters. The summed E-state index contributed by atoms with van der Waals surface area (Å²) in [5.41, 5.74) is 0.918. The van der Waals surface area contributed by atoms with Crippen molar-refractivity contribution in [3.05, 3.63) is 24.8 Å². The van der Waals surface area contributed by atoms with Gasteiger partial charge in [-0.3, -0.25) is 4.40 Å². The number of aromatic nitrogens is 3. The van der Waals surface area contributed by atoms with Gasteiger partial charge in [0.25, 0.3) is 0 Å². The maximum atomic E-state index is 4.18. The lowest BCUT2D eigenvalue weighted by atomic mass is 10.5. The van der Waals surface area contributed by atoms with Crippen LogP contribution in [0.15, 0.2) is 24.8 Å². The molecule has 0 aliphatic rings. The Labute approximate surface area is 70.3 Å². The minimum atomic E-state index is 0.871. The molecule has 4 heteroatoms. The third kappa shape index (κ3) is 1.11. The molecule has 0 saturated carbocycles. The third-order valence-corrected chi connectivity index (χ3v) is 1.64. The monoisotopic (exact) mass is 162 g/mol. The van der Waals surface area contributed by atoms with Gasteiger partial charge in [-0.05, 0) is 6.92 Å². The van der Waals surface area contributed by atoms with Crippen molar-refractivity contribution in [2.24, 2.45) is 0 Å². The molecule has 62 valence electrons. The number of nitrogens with zero attached hydrogens (tertiary/aromatic N) is 3. The Morgan fingerprint density at radius 2 is 2.42 bits per heavy atom. The highest BCUT2D eigenvalue weighted by Crippen LogP contribution is 2.05. The van der Waals surface area contributed by atoms with Crippen LogP contribution in [0.3, 0.4) is 0 Å². The van der Waals surface area contributed by atoms with E-state index in [-0.39, 0.29) is 0 Å². The summed E-state index contributed by atoms with van der Waals surface area (Å²) in [5, 5.41) is 3.12. The van der Waals surface area contributed by atoms with Gasteiger partial charge < -0.3 is 5.32 Å². The maximum Gasteiger partial charge on any atom is 0.141 e. The minimum Gasteiger partial charge on any atom is -0.370 e. The average molecular weight is 162 g/mol. The normalized spacial score (nSPS) is 10.4. The molecule has 0 atom stereocenters. The molecule has 2 aromatic rings. The molecule has 0 aromatic carbocycles. The zero-order valence-corrected chi connectivity index (χ0v) is 6.86. The smallest absolute Gasteiger partial charge is 0.141 e. The fraction of sp³-hybridized carbons (Fsp3) is 0.250. The Bertz CT molecular complexity index is 379. The first-order valence-electron chi connectivity index (χ1n) is 3.92. The molecule has 0 bridgehead atoms. The van der Waals surface area contributed by atoms with Gasteiger partial charge in [-0.25, -0.2) is 9.97 Å². The molecule has 0 fully saturated rings. The van der Waals surface area contributed by atoms with E-state index in [2.05, 4.69) is 15.3 Å². The summed E-state index contributed by atoms with van der Waals surface area (Å²) < 4.78 is 1.88. The summed E-state index contributed by atoms with van der Waals surface area (Å²) in [6, 6.07) is 1.92. The summed E-state index contributed by atoms with van der Waals surface area (Å²) in [6.45, 7) is 2.92. The second kappa shape index (κ2) is 2.81. The molecule has 0 aliphatic heterocycles. The van der Waals surface area contributed by atoms with Gasteiger partial charge in [0.15, 0.2) is 0 Å². The highest BCUT2D eigenvalue weighted by Gasteiger charge is 1.95. The Hall–Kier alpha value is -1.58. The van der Waals surface area contributed by atoms with Crippen LogP contribution in [0, 0.1) is 0 Å². The molecule has 2 heterocycles. The number of hydrogen-bond acceptors (Lipinski definition) is 3. The fourth-order valence-corrected chi connectivity index (χ4v) is 1.10. The number of hydrogen-bond donors (Lipinski definition) is 1. The van der Waals surface area contributed by atoms with Gasteiger partial charge in [0.2, 0.25) is 0 Å². The van der Waals surface area contributed by atoms with Crippen molar-refractivity contribution >= 4 is 11.5 Å². The van der Waals surface area contributed by atoms with Crippen LogP contribution in [-0.4, -0.2) is 20.9 Å². The van der Waals surface area contributed by atoms with Gasteiger partial charge >= 0.3 is 0 Å². The van der Waals surface area contributed by atoms with Crippen molar-refractivity contribution in [3.8, 4) is 0 Å². The van der Waals surface area contributed by atoms with E-state index >= 15 is 0 Å². The predicted octanol–water partition coefficient (Wildman–Crippen LogP) is 1.16. The summed E-state index contributed by atoms with van der Waals surface area (Å²) in [6.07, 6.45) is 5.38. The Morgan fingerprint density at radius 3 is 3.25 bits per heavy atom. The van der Waals surface area contributed by atoms with E-state index in [1.807, 2.05) is 23.6 Å². The van der Waals surface area contributed by atoms with E-state index in [1.54, 1.807) is 12.5 Å². The quantitative estimate of drug-likeness (QED) is 0.720. The molecule has 0 amide bonds. The molecule has 2 rings (SSSR count). The minimum absolute atomic E-state index is 0.871. The predicted molar refractivity (Wildman–Crippen MR) is 47.2 cm³/mol. The Balaban J connectivity index is 2.46. The van der Waals surface area contributed by atoms with Crippen molar-refractivity contribution < 1.29 is 0 Å². The lowest BCUT2D eigenvalue weighted by Gasteiger charge is -2.00. The van der Waals surface area contributed by atoms with Gasteiger partial charge in [0.05, 0.1) is 0 Å². The zero-order valence-electron chi connectivity index (χ0n) is 6.86. The van der Waals surface area contributed by atoms with Gasteiger partial charge in [-0.15, -0.1) is 0 Å². The fourth-order valence-electron chi connectivity index (χ4n) is 1.10. The van der Waals surface area contributed by atoms with E-state index in [0.717, 1.165) is 18.0 Å². The molecule has 0 spiro atoms. The summed E-state index contributed by atoms with van der Waals surface area (Å²) in [7, 11) is 0. The molecule has 0 radical (unpaired) electrons. The average Bonchev–Trinajstić information content (AvgIpc) is 2.51. The molecule has 4 nitrogen and oxygen atoms in total. The first-order chi connectivity index (χ1) is 5.90.